The Morgan fingerprint density at radius 2 is 1.62 bits per heavy atom. The number of amides is 2. The average molecular weight is 460 g/mol. The molecule has 0 aliphatic carbocycles. The number of carbonyl (C=O) groups excluding carboxylic acids is 2. The minimum Gasteiger partial charge on any atom is -0.497 e. The minimum absolute atomic E-state index is 0.0354. The molecule has 2 heterocycles. The summed E-state index contributed by atoms with van der Waals surface area (Å²) in [5.74, 6) is 1.45. The van der Waals surface area contributed by atoms with Crippen molar-refractivity contribution < 1.29 is 14.3 Å². The average Bonchev–Trinajstić information content (AvgIpc) is 2.89. The number of nitrogens with zero attached hydrogens (tertiary/aromatic N) is 5. The van der Waals surface area contributed by atoms with Crippen LogP contribution in [0.2, 0.25) is 0 Å². The molecule has 0 spiro atoms. The molecule has 176 valence electrons. The third-order valence-corrected chi connectivity index (χ3v) is 5.98. The number of benzene rings is 2. The topological polar surface area (TPSA) is 78.9 Å². The summed E-state index contributed by atoms with van der Waals surface area (Å²) in [4.78, 5) is 30.5. The van der Waals surface area contributed by atoms with Crippen molar-refractivity contribution >= 4 is 17.6 Å². The Morgan fingerprint density at radius 1 is 0.912 bits per heavy atom. The highest BCUT2D eigenvalue weighted by Crippen LogP contribution is 2.22. The Hall–Kier alpha value is -3.94. The largest absolute Gasteiger partial charge is 0.497 e. The molecule has 2 aromatic carbocycles. The summed E-state index contributed by atoms with van der Waals surface area (Å²) in [5, 5.41) is 8.77. The van der Waals surface area contributed by atoms with Crippen molar-refractivity contribution in [2.45, 2.75) is 13.5 Å². The van der Waals surface area contributed by atoms with Crippen LogP contribution in [-0.2, 0) is 16.1 Å². The predicted molar refractivity (Wildman–Crippen MR) is 130 cm³/mol. The van der Waals surface area contributed by atoms with E-state index in [2.05, 4.69) is 15.1 Å². The van der Waals surface area contributed by atoms with Crippen molar-refractivity contribution in [2.75, 3.05) is 44.7 Å². The summed E-state index contributed by atoms with van der Waals surface area (Å²) in [6.45, 7) is 4.51. The Morgan fingerprint density at radius 3 is 2.21 bits per heavy atom. The second-order valence-corrected chi connectivity index (χ2v) is 8.23. The number of anilines is 1. The van der Waals surface area contributed by atoms with E-state index in [-0.39, 0.29) is 18.4 Å². The summed E-state index contributed by atoms with van der Waals surface area (Å²) >= 11 is 0. The zero-order valence-electron chi connectivity index (χ0n) is 19.6. The van der Waals surface area contributed by atoms with Crippen molar-refractivity contribution in [3.63, 3.8) is 0 Å². The van der Waals surface area contributed by atoms with E-state index in [0.717, 1.165) is 28.4 Å². The van der Waals surface area contributed by atoms with E-state index in [1.165, 1.54) is 6.92 Å². The smallest absolute Gasteiger partial charge is 0.242 e. The fourth-order valence-corrected chi connectivity index (χ4v) is 3.94. The highest BCUT2D eigenvalue weighted by molar-refractivity contribution is 5.84. The normalized spacial score (nSPS) is 13.5. The molecule has 8 nitrogen and oxygen atoms in total. The van der Waals surface area contributed by atoms with Gasteiger partial charge in [-0.05, 0) is 42.0 Å². The molecule has 0 radical (unpaired) electrons. The number of methoxy groups -OCH3 is 1. The van der Waals surface area contributed by atoms with Crippen LogP contribution in [0.4, 0.5) is 5.82 Å². The molecule has 8 heteroatoms. The summed E-state index contributed by atoms with van der Waals surface area (Å²) in [5.41, 5.74) is 2.77. The summed E-state index contributed by atoms with van der Waals surface area (Å²) in [6.07, 6.45) is 0. The number of carbonyl (C=O) groups is 2. The second-order valence-electron chi connectivity index (χ2n) is 8.23. The van der Waals surface area contributed by atoms with Crippen molar-refractivity contribution in [2.24, 2.45) is 0 Å². The first-order valence-corrected chi connectivity index (χ1v) is 11.3. The van der Waals surface area contributed by atoms with Crippen LogP contribution in [0.5, 0.6) is 5.75 Å². The Bertz CT molecular complexity index is 1100. The number of hydrogen-bond donors (Lipinski definition) is 0. The second kappa shape index (κ2) is 10.8. The molecule has 34 heavy (non-hydrogen) atoms. The molecular weight excluding hydrogens is 430 g/mol. The van der Waals surface area contributed by atoms with Gasteiger partial charge in [0.2, 0.25) is 11.8 Å². The Labute approximate surface area is 199 Å². The zero-order valence-corrected chi connectivity index (χ0v) is 19.6. The minimum atomic E-state index is -0.108. The van der Waals surface area contributed by atoms with Crippen LogP contribution in [0.1, 0.15) is 12.5 Å². The maximum Gasteiger partial charge on any atom is 0.242 e. The maximum atomic E-state index is 12.9. The van der Waals surface area contributed by atoms with Gasteiger partial charge >= 0.3 is 0 Å². The lowest BCUT2D eigenvalue weighted by molar-refractivity contribution is -0.140. The summed E-state index contributed by atoms with van der Waals surface area (Å²) < 4.78 is 5.20. The van der Waals surface area contributed by atoms with Gasteiger partial charge in [0.15, 0.2) is 5.82 Å². The molecule has 0 unspecified atom stereocenters. The molecule has 1 aromatic heterocycles. The first-order chi connectivity index (χ1) is 16.5. The van der Waals surface area contributed by atoms with Gasteiger partial charge in [0, 0.05) is 45.2 Å². The standard InChI is InChI=1S/C26H29N5O3/c1-20(32)31(18-21-6-4-3-5-7-21)19-26(33)30-16-14-29(15-17-30)25-13-12-24(27-28-25)22-8-10-23(34-2)11-9-22/h3-13H,14-19H2,1-2H3. The number of hydrogen-bond acceptors (Lipinski definition) is 6. The van der Waals surface area contributed by atoms with Crippen LogP contribution in [0.3, 0.4) is 0 Å². The highest BCUT2D eigenvalue weighted by Gasteiger charge is 2.24. The molecular formula is C26H29N5O3. The summed E-state index contributed by atoms with van der Waals surface area (Å²) in [7, 11) is 1.64. The monoisotopic (exact) mass is 459 g/mol. The van der Waals surface area contributed by atoms with Crippen LogP contribution >= 0.6 is 0 Å². The Kier molecular flexibility index (Phi) is 7.37. The van der Waals surface area contributed by atoms with Gasteiger partial charge in [-0.3, -0.25) is 9.59 Å². The van der Waals surface area contributed by atoms with Crippen LogP contribution in [0.15, 0.2) is 66.7 Å². The Balaban J connectivity index is 1.31. The fourth-order valence-electron chi connectivity index (χ4n) is 3.94. The lowest BCUT2D eigenvalue weighted by atomic mass is 10.1. The molecule has 1 aliphatic rings. The van der Waals surface area contributed by atoms with Crippen LogP contribution < -0.4 is 9.64 Å². The van der Waals surface area contributed by atoms with Gasteiger partial charge in [-0.1, -0.05) is 30.3 Å². The van der Waals surface area contributed by atoms with Crippen molar-refractivity contribution in [3.8, 4) is 17.0 Å². The molecule has 1 saturated heterocycles. The third kappa shape index (κ3) is 5.70. The van der Waals surface area contributed by atoms with E-state index >= 15 is 0 Å². The predicted octanol–water partition coefficient (Wildman–Crippen LogP) is 2.85. The third-order valence-electron chi connectivity index (χ3n) is 5.98. The molecule has 4 rings (SSSR count). The molecule has 0 atom stereocenters. The quantitative estimate of drug-likeness (QED) is 0.541. The molecule has 0 N–H and O–H groups in total. The maximum absolute atomic E-state index is 12.9. The molecule has 1 fully saturated rings. The van der Waals surface area contributed by atoms with Crippen molar-refractivity contribution in [1.82, 2.24) is 20.0 Å². The first kappa shape index (κ1) is 23.2. The number of ether oxygens (including phenoxy) is 1. The van der Waals surface area contributed by atoms with E-state index in [0.29, 0.717) is 32.7 Å². The van der Waals surface area contributed by atoms with E-state index in [1.807, 2.05) is 71.6 Å². The molecule has 2 amide bonds. The highest BCUT2D eigenvalue weighted by atomic mass is 16.5. The number of piperazine rings is 1. The number of rotatable bonds is 7. The van der Waals surface area contributed by atoms with Crippen LogP contribution in [-0.4, -0.2) is 71.6 Å². The lowest BCUT2D eigenvalue weighted by Gasteiger charge is -2.36. The molecule has 0 saturated carbocycles. The van der Waals surface area contributed by atoms with Gasteiger partial charge in [0.25, 0.3) is 0 Å². The van der Waals surface area contributed by atoms with Gasteiger partial charge in [0.05, 0.1) is 12.8 Å². The lowest BCUT2D eigenvalue weighted by Crippen LogP contribution is -2.51. The van der Waals surface area contributed by atoms with E-state index in [9.17, 15) is 9.59 Å². The SMILES string of the molecule is COc1ccc(-c2ccc(N3CCN(C(=O)CN(Cc4ccccc4)C(C)=O)CC3)nn2)cc1. The van der Waals surface area contributed by atoms with Gasteiger partial charge in [-0.15, -0.1) is 10.2 Å². The van der Waals surface area contributed by atoms with Crippen molar-refractivity contribution in [3.05, 3.63) is 72.3 Å². The molecule has 1 aliphatic heterocycles. The first-order valence-electron chi connectivity index (χ1n) is 11.3. The van der Waals surface area contributed by atoms with E-state index in [4.69, 9.17) is 4.74 Å². The van der Waals surface area contributed by atoms with E-state index in [1.54, 1.807) is 12.0 Å². The zero-order chi connectivity index (χ0) is 23.9. The fraction of sp³-hybridized carbons (Fsp3) is 0.308. The molecule has 3 aromatic rings. The van der Waals surface area contributed by atoms with Gasteiger partial charge in [-0.2, -0.15) is 0 Å². The summed E-state index contributed by atoms with van der Waals surface area (Å²) in [6, 6.07) is 21.3. The van der Waals surface area contributed by atoms with Gasteiger partial charge in [-0.25, -0.2) is 0 Å². The van der Waals surface area contributed by atoms with Gasteiger partial charge < -0.3 is 19.4 Å². The molecule has 0 bridgehead atoms. The number of aromatic nitrogens is 2. The van der Waals surface area contributed by atoms with Crippen LogP contribution in [0.25, 0.3) is 11.3 Å². The van der Waals surface area contributed by atoms with Crippen molar-refractivity contribution in [1.29, 1.82) is 0 Å². The van der Waals surface area contributed by atoms with Gasteiger partial charge in [0.1, 0.15) is 12.3 Å². The van der Waals surface area contributed by atoms with E-state index < -0.39 is 0 Å². The van der Waals surface area contributed by atoms with Crippen LogP contribution in [0, 0.1) is 0 Å².